The summed E-state index contributed by atoms with van der Waals surface area (Å²) in [6.45, 7) is 3.60. The molecule has 1 atom stereocenters. The van der Waals surface area contributed by atoms with Crippen molar-refractivity contribution in [1.82, 2.24) is 20.0 Å². The lowest BCUT2D eigenvalue weighted by molar-refractivity contribution is 0.0921. The summed E-state index contributed by atoms with van der Waals surface area (Å²) >= 11 is 0. The number of hydrogen-bond donors (Lipinski definition) is 2. The molecule has 4 rings (SSSR count). The molecule has 1 saturated heterocycles. The van der Waals surface area contributed by atoms with Crippen LogP contribution < -0.4 is 10.6 Å². The standard InChI is InChI=1S/C20H21FN4O2/c21-17-4-1-15(2-5-17)18-12-25-11-16(3-6-19(25)24-18)20(26)23-10-14-9-22-7-8-27-13-14/h1-6,11-12,14,22H,7-10,13H2,(H,23,26)/t14-/m0/s1. The van der Waals surface area contributed by atoms with Crippen LogP contribution in [0, 0.1) is 11.7 Å². The van der Waals surface area contributed by atoms with Gasteiger partial charge in [0.25, 0.3) is 5.91 Å². The number of ether oxygens (including phenoxy) is 1. The first-order chi connectivity index (χ1) is 13.2. The van der Waals surface area contributed by atoms with Gasteiger partial charge in [-0.1, -0.05) is 0 Å². The lowest BCUT2D eigenvalue weighted by atomic mass is 10.1. The van der Waals surface area contributed by atoms with Crippen molar-refractivity contribution in [3.63, 3.8) is 0 Å². The molecule has 1 fully saturated rings. The summed E-state index contributed by atoms with van der Waals surface area (Å²) in [6, 6.07) is 9.75. The van der Waals surface area contributed by atoms with Crippen molar-refractivity contribution in [1.29, 1.82) is 0 Å². The maximum Gasteiger partial charge on any atom is 0.252 e. The number of carbonyl (C=O) groups is 1. The van der Waals surface area contributed by atoms with Gasteiger partial charge in [0.05, 0.1) is 24.5 Å². The second-order valence-electron chi connectivity index (χ2n) is 6.67. The minimum atomic E-state index is -0.282. The van der Waals surface area contributed by atoms with Gasteiger partial charge in [0.2, 0.25) is 0 Å². The Morgan fingerprint density at radius 2 is 2.11 bits per heavy atom. The molecule has 0 aliphatic carbocycles. The van der Waals surface area contributed by atoms with Gasteiger partial charge in [0, 0.05) is 43.5 Å². The third-order valence-corrected chi connectivity index (χ3v) is 4.61. The number of benzene rings is 1. The van der Waals surface area contributed by atoms with Gasteiger partial charge in [-0.15, -0.1) is 0 Å². The van der Waals surface area contributed by atoms with Crippen LogP contribution in [0.5, 0.6) is 0 Å². The van der Waals surface area contributed by atoms with Crippen LogP contribution >= 0.6 is 0 Å². The van der Waals surface area contributed by atoms with Crippen LogP contribution in [-0.4, -0.2) is 48.1 Å². The lowest BCUT2D eigenvalue weighted by Gasteiger charge is -2.14. The monoisotopic (exact) mass is 368 g/mol. The fraction of sp³-hybridized carbons (Fsp3) is 0.300. The second-order valence-corrected chi connectivity index (χ2v) is 6.67. The Hall–Kier alpha value is -2.77. The first-order valence-corrected chi connectivity index (χ1v) is 9.00. The third-order valence-electron chi connectivity index (χ3n) is 4.61. The van der Waals surface area contributed by atoms with Crippen LogP contribution in [0.25, 0.3) is 16.9 Å². The highest BCUT2D eigenvalue weighted by atomic mass is 19.1. The highest BCUT2D eigenvalue weighted by Gasteiger charge is 2.15. The Morgan fingerprint density at radius 1 is 1.26 bits per heavy atom. The zero-order valence-electron chi connectivity index (χ0n) is 14.8. The predicted molar refractivity (Wildman–Crippen MR) is 100 cm³/mol. The number of nitrogens with zero attached hydrogens (tertiary/aromatic N) is 2. The molecule has 3 heterocycles. The molecule has 0 bridgehead atoms. The molecule has 1 amide bonds. The third kappa shape index (κ3) is 4.15. The Kier molecular flexibility index (Phi) is 5.13. The van der Waals surface area contributed by atoms with Gasteiger partial charge in [-0.2, -0.15) is 0 Å². The number of nitrogens with one attached hydrogen (secondary N) is 2. The quantitative estimate of drug-likeness (QED) is 0.740. The summed E-state index contributed by atoms with van der Waals surface area (Å²) in [7, 11) is 0. The summed E-state index contributed by atoms with van der Waals surface area (Å²) in [5.74, 6) is -0.146. The van der Waals surface area contributed by atoms with Crippen LogP contribution in [-0.2, 0) is 4.74 Å². The molecule has 2 N–H and O–H groups in total. The van der Waals surface area contributed by atoms with E-state index in [4.69, 9.17) is 4.74 Å². The topological polar surface area (TPSA) is 67.7 Å². The predicted octanol–water partition coefficient (Wildman–Crippen LogP) is 2.11. The van der Waals surface area contributed by atoms with Gasteiger partial charge in [0.1, 0.15) is 11.5 Å². The number of fused-ring (bicyclic) bond motifs is 1. The van der Waals surface area contributed by atoms with Gasteiger partial charge < -0.3 is 19.8 Å². The van der Waals surface area contributed by atoms with E-state index < -0.39 is 0 Å². The maximum atomic E-state index is 13.1. The highest BCUT2D eigenvalue weighted by molar-refractivity contribution is 5.94. The average molecular weight is 368 g/mol. The van der Waals surface area contributed by atoms with Crippen molar-refractivity contribution in [2.75, 3.05) is 32.8 Å². The van der Waals surface area contributed by atoms with E-state index in [-0.39, 0.29) is 17.6 Å². The van der Waals surface area contributed by atoms with Gasteiger partial charge in [-0.25, -0.2) is 9.37 Å². The molecule has 27 heavy (non-hydrogen) atoms. The summed E-state index contributed by atoms with van der Waals surface area (Å²) < 4.78 is 20.4. The molecule has 0 saturated carbocycles. The molecule has 140 valence electrons. The van der Waals surface area contributed by atoms with E-state index in [1.54, 1.807) is 30.5 Å². The molecule has 0 unspecified atom stereocenters. The number of hydrogen-bond acceptors (Lipinski definition) is 4. The van der Waals surface area contributed by atoms with E-state index in [2.05, 4.69) is 15.6 Å². The van der Waals surface area contributed by atoms with E-state index in [1.807, 2.05) is 10.6 Å². The molecule has 2 aromatic heterocycles. The first kappa shape index (κ1) is 17.6. The Labute approximate surface area is 156 Å². The number of pyridine rings is 1. The fourth-order valence-corrected chi connectivity index (χ4v) is 3.12. The molecule has 0 spiro atoms. The van der Waals surface area contributed by atoms with Crippen LogP contribution in [0.1, 0.15) is 10.4 Å². The van der Waals surface area contributed by atoms with Crippen LogP contribution in [0.4, 0.5) is 4.39 Å². The highest BCUT2D eigenvalue weighted by Crippen LogP contribution is 2.20. The van der Waals surface area contributed by atoms with E-state index >= 15 is 0 Å². The van der Waals surface area contributed by atoms with Gasteiger partial charge in [0.15, 0.2) is 0 Å². The number of imidazole rings is 1. The van der Waals surface area contributed by atoms with Gasteiger partial charge >= 0.3 is 0 Å². The van der Waals surface area contributed by atoms with Crippen molar-refractivity contribution >= 4 is 11.6 Å². The molecule has 1 aliphatic heterocycles. The fourth-order valence-electron chi connectivity index (χ4n) is 3.12. The molecular weight excluding hydrogens is 347 g/mol. The maximum absolute atomic E-state index is 13.1. The molecular formula is C20H21FN4O2. The number of rotatable bonds is 4. The first-order valence-electron chi connectivity index (χ1n) is 9.00. The van der Waals surface area contributed by atoms with Crippen LogP contribution in [0.3, 0.4) is 0 Å². The number of carbonyl (C=O) groups excluding carboxylic acids is 1. The Morgan fingerprint density at radius 3 is 2.96 bits per heavy atom. The van der Waals surface area contributed by atoms with Crippen molar-refractivity contribution in [2.45, 2.75) is 0 Å². The molecule has 6 nitrogen and oxygen atoms in total. The Balaban J connectivity index is 1.47. The van der Waals surface area contributed by atoms with Crippen molar-refractivity contribution in [3.05, 3.63) is 60.2 Å². The average Bonchev–Trinajstić information content (AvgIpc) is 2.93. The van der Waals surface area contributed by atoms with E-state index in [0.29, 0.717) is 25.3 Å². The van der Waals surface area contributed by atoms with E-state index in [1.165, 1.54) is 12.1 Å². The Bertz CT molecular complexity index is 931. The van der Waals surface area contributed by atoms with Crippen molar-refractivity contribution < 1.29 is 13.9 Å². The minimum absolute atomic E-state index is 0.127. The molecule has 1 aliphatic rings. The van der Waals surface area contributed by atoms with Gasteiger partial charge in [-0.05, 0) is 36.4 Å². The van der Waals surface area contributed by atoms with Crippen molar-refractivity contribution in [2.24, 2.45) is 5.92 Å². The molecule has 3 aromatic rings. The summed E-state index contributed by atoms with van der Waals surface area (Å²) in [6.07, 6.45) is 3.59. The zero-order valence-corrected chi connectivity index (χ0v) is 14.8. The summed E-state index contributed by atoms with van der Waals surface area (Å²) in [5.41, 5.74) is 2.85. The lowest BCUT2D eigenvalue weighted by Crippen LogP contribution is -2.35. The van der Waals surface area contributed by atoms with Crippen LogP contribution in [0.15, 0.2) is 48.8 Å². The molecule has 7 heteroatoms. The van der Waals surface area contributed by atoms with E-state index in [9.17, 15) is 9.18 Å². The van der Waals surface area contributed by atoms with E-state index in [0.717, 1.165) is 30.0 Å². The molecule has 0 radical (unpaired) electrons. The van der Waals surface area contributed by atoms with Gasteiger partial charge in [-0.3, -0.25) is 4.79 Å². The number of aromatic nitrogens is 2. The van der Waals surface area contributed by atoms with Crippen LogP contribution in [0.2, 0.25) is 0 Å². The largest absolute Gasteiger partial charge is 0.380 e. The second kappa shape index (κ2) is 7.85. The number of amides is 1. The normalized spacial score (nSPS) is 17.6. The smallest absolute Gasteiger partial charge is 0.252 e. The zero-order chi connectivity index (χ0) is 18.6. The molecule has 1 aromatic carbocycles. The SMILES string of the molecule is O=C(NC[C@@H]1CNCCOC1)c1ccc2nc(-c3ccc(F)cc3)cn2c1. The minimum Gasteiger partial charge on any atom is -0.380 e. The summed E-state index contributed by atoms with van der Waals surface area (Å²) in [5, 5.41) is 6.27. The van der Waals surface area contributed by atoms with Crippen molar-refractivity contribution in [3.8, 4) is 11.3 Å². The summed E-state index contributed by atoms with van der Waals surface area (Å²) in [4.78, 5) is 17.0. The number of halogens is 1.